The van der Waals surface area contributed by atoms with Gasteiger partial charge in [-0.2, -0.15) is 0 Å². The van der Waals surface area contributed by atoms with Gasteiger partial charge in [-0.25, -0.2) is 15.0 Å². The molecule has 2 saturated heterocycles. The highest BCUT2D eigenvalue weighted by Crippen LogP contribution is 2.34. The van der Waals surface area contributed by atoms with Crippen molar-refractivity contribution in [3.05, 3.63) is 12.7 Å². The first kappa shape index (κ1) is 19.2. The van der Waals surface area contributed by atoms with Crippen LogP contribution in [0.25, 0.3) is 11.2 Å². The number of fused-ring (bicyclic) bond motifs is 1. The van der Waals surface area contributed by atoms with Crippen molar-refractivity contribution in [3.63, 3.8) is 0 Å². The summed E-state index contributed by atoms with van der Waals surface area (Å²) in [5.41, 5.74) is 6.43. The Morgan fingerprint density at radius 3 is 2.90 bits per heavy atom. The average Bonchev–Trinajstić information content (AvgIpc) is 3.31. The first-order chi connectivity index (χ1) is 13.8. The quantitative estimate of drug-likeness (QED) is 0.370. The molecule has 13 nitrogen and oxygen atoms in total. The van der Waals surface area contributed by atoms with Gasteiger partial charge in [0.2, 0.25) is 5.91 Å². The topological polar surface area (TPSA) is 181 Å². The molecule has 154 valence electrons. The van der Waals surface area contributed by atoms with Crippen LogP contribution in [0.5, 0.6) is 0 Å². The molecule has 2 aromatic heterocycles. The highest BCUT2D eigenvalue weighted by molar-refractivity contribution is 6.04. The predicted molar refractivity (Wildman–Crippen MR) is 92.7 cm³/mol. The second-order valence-electron chi connectivity index (χ2n) is 6.65. The number of aromatic nitrogens is 4. The number of ether oxygens (including phenoxy) is 3. The second-order valence-corrected chi connectivity index (χ2v) is 6.65. The van der Waals surface area contributed by atoms with Crippen molar-refractivity contribution in [1.82, 2.24) is 24.8 Å². The van der Waals surface area contributed by atoms with Crippen molar-refractivity contribution in [1.29, 1.82) is 0 Å². The number of imide groups is 1. The number of aliphatic hydroxyl groups is 1. The SMILES string of the molecule is CC(=O)O[C@H]1[C@@H](O)[C@H](n2cnc3c(N)ncnc32)O[C@@H]1CO[C@H]1CC(=O)NC1=O. The number of rotatable bonds is 5. The Hall–Kier alpha value is -3.16. The van der Waals surface area contributed by atoms with E-state index in [1.807, 2.05) is 0 Å². The lowest BCUT2D eigenvalue weighted by Gasteiger charge is -2.20. The Kier molecular flexibility index (Phi) is 4.86. The maximum Gasteiger partial charge on any atom is 0.303 e. The Labute approximate surface area is 163 Å². The van der Waals surface area contributed by atoms with Crippen LogP contribution in [0, 0.1) is 0 Å². The van der Waals surface area contributed by atoms with E-state index in [-0.39, 0.29) is 18.8 Å². The number of imidazole rings is 1. The van der Waals surface area contributed by atoms with Gasteiger partial charge in [0.15, 0.2) is 23.8 Å². The Balaban J connectivity index is 1.56. The lowest BCUT2D eigenvalue weighted by Crippen LogP contribution is -2.39. The van der Waals surface area contributed by atoms with E-state index in [1.54, 1.807) is 0 Å². The summed E-state index contributed by atoms with van der Waals surface area (Å²) in [4.78, 5) is 46.6. The zero-order valence-electron chi connectivity index (χ0n) is 15.2. The van der Waals surface area contributed by atoms with Gasteiger partial charge in [-0.3, -0.25) is 24.3 Å². The number of nitrogen functional groups attached to an aromatic ring is 1. The van der Waals surface area contributed by atoms with Crippen LogP contribution in [0.1, 0.15) is 19.6 Å². The van der Waals surface area contributed by atoms with E-state index in [1.165, 1.54) is 24.1 Å². The Morgan fingerprint density at radius 1 is 1.41 bits per heavy atom. The molecule has 0 spiro atoms. The third-order valence-corrected chi connectivity index (χ3v) is 4.66. The summed E-state index contributed by atoms with van der Waals surface area (Å²) >= 11 is 0. The monoisotopic (exact) mass is 406 g/mol. The number of carbonyl (C=O) groups is 3. The largest absolute Gasteiger partial charge is 0.457 e. The molecule has 2 aromatic rings. The number of nitrogens with one attached hydrogen (secondary N) is 1. The second kappa shape index (κ2) is 7.35. The first-order valence-corrected chi connectivity index (χ1v) is 8.74. The van der Waals surface area contributed by atoms with E-state index in [2.05, 4.69) is 20.3 Å². The molecule has 29 heavy (non-hydrogen) atoms. The van der Waals surface area contributed by atoms with Gasteiger partial charge in [-0.15, -0.1) is 0 Å². The molecule has 4 heterocycles. The van der Waals surface area contributed by atoms with Crippen LogP contribution < -0.4 is 11.1 Å². The van der Waals surface area contributed by atoms with Gasteiger partial charge >= 0.3 is 5.97 Å². The normalized spacial score (nSPS) is 29.4. The van der Waals surface area contributed by atoms with Crippen molar-refractivity contribution in [2.24, 2.45) is 0 Å². The summed E-state index contributed by atoms with van der Waals surface area (Å²) in [6, 6.07) is 0. The average molecular weight is 406 g/mol. The highest BCUT2D eigenvalue weighted by Gasteiger charge is 2.48. The maximum absolute atomic E-state index is 11.7. The number of nitrogens with two attached hydrogens (primary N) is 1. The van der Waals surface area contributed by atoms with Crippen molar-refractivity contribution in [2.75, 3.05) is 12.3 Å². The van der Waals surface area contributed by atoms with E-state index in [4.69, 9.17) is 19.9 Å². The number of carbonyl (C=O) groups excluding carboxylic acids is 3. The molecule has 2 aliphatic rings. The van der Waals surface area contributed by atoms with Crippen LogP contribution in [0.3, 0.4) is 0 Å². The van der Waals surface area contributed by atoms with Gasteiger partial charge in [0.05, 0.1) is 19.4 Å². The van der Waals surface area contributed by atoms with Crippen LogP contribution in [-0.2, 0) is 28.6 Å². The predicted octanol–water partition coefficient (Wildman–Crippen LogP) is -1.97. The van der Waals surface area contributed by atoms with E-state index in [0.29, 0.717) is 11.2 Å². The molecule has 0 saturated carbocycles. The van der Waals surface area contributed by atoms with Crippen LogP contribution in [-0.4, -0.2) is 73.4 Å². The molecule has 0 bridgehead atoms. The molecule has 5 atom stereocenters. The van der Waals surface area contributed by atoms with Crippen molar-refractivity contribution < 1.29 is 33.7 Å². The molecular weight excluding hydrogens is 388 g/mol. The van der Waals surface area contributed by atoms with E-state index in [9.17, 15) is 19.5 Å². The zero-order valence-corrected chi connectivity index (χ0v) is 15.2. The number of aliphatic hydroxyl groups excluding tert-OH is 1. The molecule has 2 amide bonds. The number of amides is 2. The van der Waals surface area contributed by atoms with Gasteiger partial charge in [-0.05, 0) is 0 Å². The number of esters is 1. The summed E-state index contributed by atoms with van der Waals surface area (Å²) in [6.07, 6.45) is -2.72. The van der Waals surface area contributed by atoms with E-state index < -0.39 is 48.4 Å². The number of hydrogen-bond donors (Lipinski definition) is 3. The molecule has 0 radical (unpaired) electrons. The van der Waals surface area contributed by atoms with Gasteiger partial charge in [0.1, 0.15) is 30.2 Å². The fraction of sp³-hybridized carbons (Fsp3) is 0.500. The lowest BCUT2D eigenvalue weighted by atomic mass is 10.1. The van der Waals surface area contributed by atoms with Crippen LogP contribution in [0.2, 0.25) is 0 Å². The highest BCUT2D eigenvalue weighted by atomic mass is 16.6. The summed E-state index contributed by atoms with van der Waals surface area (Å²) < 4.78 is 18.0. The van der Waals surface area contributed by atoms with Gasteiger partial charge in [0.25, 0.3) is 5.91 Å². The molecule has 2 aliphatic heterocycles. The zero-order chi connectivity index (χ0) is 20.7. The van der Waals surface area contributed by atoms with E-state index >= 15 is 0 Å². The first-order valence-electron chi connectivity index (χ1n) is 8.74. The van der Waals surface area contributed by atoms with Gasteiger partial charge in [0, 0.05) is 6.92 Å². The lowest BCUT2D eigenvalue weighted by molar-refractivity contribution is -0.156. The minimum atomic E-state index is -1.28. The fourth-order valence-electron chi connectivity index (χ4n) is 3.35. The van der Waals surface area contributed by atoms with Crippen molar-refractivity contribution in [3.8, 4) is 0 Å². The molecule has 0 aliphatic carbocycles. The summed E-state index contributed by atoms with van der Waals surface area (Å²) in [5, 5.41) is 12.9. The fourth-order valence-corrected chi connectivity index (χ4v) is 3.35. The smallest absolute Gasteiger partial charge is 0.303 e. The minimum Gasteiger partial charge on any atom is -0.457 e. The molecule has 4 N–H and O–H groups in total. The standard InChI is InChI=1S/C16H18N6O7/c1-6(23)28-12-8(3-27-7-2-9(24)21-15(7)26)29-16(11(12)25)22-5-20-10-13(17)18-4-19-14(10)22/h4-5,7-8,11-12,16,25H,2-3H2,1H3,(H2,17,18,19)(H,21,24,26)/t7-,8+,11+,12+,16+/m0/s1. The minimum absolute atomic E-state index is 0.113. The summed E-state index contributed by atoms with van der Waals surface area (Å²) in [5.74, 6) is -1.46. The number of nitrogens with zero attached hydrogens (tertiary/aromatic N) is 4. The van der Waals surface area contributed by atoms with Crippen LogP contribution >= 0.6 is 0 Å². The van der Waals surface area contributed by atoms with Gasteiger partial charge < -0.3 is 25.1 Å². The van der Waals surface area contributed by atoms with Gasteiger partial charge in [-0.1, -0.05) is 0 Å². The van der Waals surface area contributed by atoms with Crippen molar-refractivity contribution >= 4 is 34.8 Å². The van der Waals surface area contributed by atoms with Crippen molar-refractivity contribution in [2.45, 2.75) is 44.0 Å². The molecule has 2 fully saturated rings. The molecule has 0 unspecified atom stereocenters. The molecular formula is C16H18N6O7. The third kappa shape index (κ3) is 3.50. The molecule has 0 aromatic carbocycles. The number of hydrogen-bond acceptors (Lipinski definition) is 11. The van der Waals surface area contributed by atoms with Crippen LogP contribution in [0.4, 0.5) is 5.82 Å². The Morgan fingerprint density at radius 2 is 2.21 bits per heavy atom. The number of anilines is 1. The maximum atomic E-state index is 11.7. The Bertz CT molecular complexity index is 978. The summed E-state index contributed by atoms with van der Waals surface area (Å²) in [7, 11) is 0. The molecule has 4 rings (SSSR count). The van der Waals surface area contributed by atoms with Crippen LogP contribution in [0.15, 0.2) is 12.7 Å². The third-order valence-electron chi connectivity index (χ3n) is 4.66. The molecule has 13 heteroatoms. The summed E-state index contributed by atoms with van der Waals surface area (Å²) in [6.45, 7) is 1.00. The van der Waals surface area contributed by atoms with E-state index in [0.717, 1.165) is 0 Å².